The summed E-state index contributed by atoms with van der Waals surface area (Å²) >= 11 is 5.21. The van der Waals surface area contributed by atoms with Crippen LogP contribution in [0.25, 0.3) is 0 Å². The highest BCUT2D eigenvalue weighted by Crippen LogP contribution is 2.46. The van der Waals surface area contributed by atoms with Gasteiger partial charge in [0.2, 0.25) is 11.1 Å². The largest absolute Gasteiger partial charge is 0.328 e. The number of halogens is 1. The summed E-state index contributed by atoms with van der Waals surface area (Å²) in [6.45, 7) is 6.41. The Kier molecular flexibility index (Phi) is 5.50. The number of ketones is 1. The molecule has 3 aromatic rings. The fourth-order valence-corrected chi connectivity index (χ4v) is 5.87. The Labute approximate surface area is 200 Å². The van der Waals surface area contributed by atoms with Gasteiger partial charge in [0.25, 0.3) is 0 Å². The molecule has 5 nitrogen and oxygen atoms in total. The lowest BCUT2D eigenvalue weighted by Crippen LogP contribution is -2.36. The molecule has 1 aliphatic heterocycles. The Morgan fingerprint density at radius 2 is 2.00 bits per heavy atom. The van der Waals surface area contributed by atoms with E-state index in [1.54, 1.807) is 11.8 Å². The lowest BCUT2D eigenvalue weighted by Gasteiger charge is -2.38. The molecule has 32 heavy (non-hydrogen) atoms. The van der Waals surface area contributed by atoms with Crippen molar-refractivity contribution in [1.29, 1.82) is 0 Å². The van der Waals surface area contributed by atoms with Crippen LogP contribution in [0.2, 0.25) is 0 Å². The average molecular weight is 509 g/mol. The predicted octanol–water partition coefficient (Wildman–Crippen LogP) is 6.30. The van der Waals surface area contributed by atoms with E-state index in [1.807, 2.05) is 16.8 Å². The molecule has 0 unspecified atom stereocenters. The van der Waals surface area contributed by atoms with E-state index in [2.05, 4.69) is 78.4 Å². The normalized spacial score (nSPS) is 19.4. The second-order valence-electron chi connectivity index (χ2n) is 9.29. The third-order valence-electron chi connectivity index (χ3n) is 6.09. The monoisotopic (exact) mass is 508 g/mol. The van der Waals surface area contributed by atoms with Crippen molar-refractivity contribution in [1.82, 2.24) is 14.8 Å². The summed E-state index contributed by atoms with van der Waals surface area (Å²) in [6, 6.07) is 16.2. The summed E-state index contributed by atoms with van der Waals surface area (Å²) in [4.78, 5) is 18.1. The molecule has 164 valence electrons. The number of Topliss-reactive ketones (excluding diaryl/α,β-unsaturated/α-hetero) is 1. The molecule has 0 radical (unpaired) electrons. The number of rotatable bonds is 4. The first-order chi connectivity index (χ1) is 15.3. The third kappa shape index (κ3) is 4.04. The van der Waals surface area contributed by atoms with Gasteiger partial charge in [0.15, 0.2) is 5.78 Å². The van der Waals surface area contributed by atoms with Crippen LogP contribution in [0.4, 0.5) is 5.95 Å². The average Bonchev–Trinajstić information content (AvgIpc) is 3.13. The Hall–Kier alpha value is -2.38. The predicted molar refractivity (Wildman–Crippen MR) is 132 cm³/mol. The van der Waals surface area contributed by atoms with Gasteiger partial charge >= 0.3 is 0 Å². The number of benzene rings is 2. The number of allylic oxidation sites excluding steroid dienone is 2. The molecule has 2 aliphatic rings. The zero-order valence-corrected chi connectivity index (χ0v) is 20.8. The van der Waals surface area contributed by atoms with E-state index in [4.69, 9.17) is 10.1 Å². The number of carbonyl (C=O) groups is 1. The molecule has 0 spiro atoms. The van der Waals surface area contributed by atoms with Crippen LogP contribution in [-0.2, 0) is 10.5 Å². The van der Waals surface area contributed by atoms with E-state index in [9.17, 15) is 4.79 Å². The number of nitrogens with one attached hydrogen (secondary N) is 1. The summed E-state index contributed by atoms with van der Waals surface area (Å²) < 4.78 is 2.87. The summed E-state index contributed by atoms with van der Waals surface area (Å²) in [6.07, 6.45) is 1.36. The Bertz CT molecular complexity index is 1250. The minimum absolute atomic E-state index is 0.0741. The molecule has 1 aromatic heterocycles. The Morgan fingerprint density at radius 3 is 2.78 bits per heavy atom. The number of thioether (sulfide) groups is 1. The van der Waals surface area contributed by atoms with Crippen LogP contribution in [0.1, 0.15) is 49.4 Å². The number of fused-ring (bicyclic) bond motifs is 1. The lowest BCUT2D eigenvalue weighted by molar-refractivity contribution is -0.118. The van der Waals surface area contributed by atoms with E-state index in [-0.39, 0.29) is 17.2 Å². The van der Waals surface area contributed by atoms with Gasteiger partial charge in [-0.25, -0.2) is 4.68 Å². The summed E-state index contributed by atoms with van der Waals surface area (Å²) in [5, 5.41) is 9.01. The van der Waals surface area contributed by atoms with Gasteiger partial charge < -0.3 is 5.32 Å². The number of anilines is 1. The first-order valence-corrected chi connectivity index (χ1v) is 12.5. The van der Waals surface area contributed by atoms with Crippen LogP contribution in [0, 0.1) is 12.3 Å². The second-order valence-corrected chi connectivity index (χ2v) is 11.2. The van der Waals surface area contributed by atoms with E-state index >= 15 is 0 Å². The van der Waals surface area contributed by atoms with Crippen LogP contribution in [0.15, 0.2) is 69.4 Å². The maximum absolute atomic E-state index is 13.3. The second kappa shape index (κ2) is 8.19. The van der Waals surface area contributed by atoms with Crippen molar-refractivity contribution in [3.05, 3.63) is 81.0 Å². The van der Waals surface area contributed by atoms with Gasteiger partial charge in [0.05, 0.1) is 0 Å². The highest BCUT2D eigenvalue weighted by molar-refractivity contribution is 9.10. The Morgan fingerprint density at radius 1 is 1.19 bits per heavy atom. The van der Waals surface area contributed by atoms with Crippen LogP contribution in [0.3, 0.4) is 0 Å². The minimum atomic E-state index is -0.275. The van der Waals surface area contributed by atoms with Crippen molar-refractivity contribution in [2.45, 2.75) is 50.6 Å². The standard InChI is InChI=1S/C25H25BrN4OS/c1-15-7-4-5-8-17(15)14-32-24-28-23-27-19-12-25(2,3)13-20(31)21(19)22(30(23)29-24)16-9-6-10-18(26)11-16/h4-11,22H,12-14H2,1-3H3,(H,27,28,29)/t22-/m0/s1. The van der Waals surface area contributed by atoms with Gasteiger partial charge in [-0.1, -0.05) is 77.9 Å². The molecule has 1 N–H and O–H groups in total. The molecule has 5 rings (SSSR count). The molecular formula is C25H25BrN4OS. The molecular weight excluding hydrogens is 484 g/mol. The fourth-order valence-electron chi connectivity index (χ4n) is 4.55. The maximum atomic E-state index is 13.3. The number of hydrogen-bond acceptors (Lipinski definition) is 5. The quantitative estimate of drug-likeness (QED) is 0.419. The highest BCUT2D eigenvalue weighted by Gasteiger charge is 2.41. The van der Waals surface area contributed by atoms with Crippen molar-refractivity contribution in [2.24, 2.45) is 5.41 Å². The molecule has 7 heteroatoms. The minimum Gasteiger partial charge on any atom is -0.328 e. The van der Waals surface area contributed by atoms with Crippen LogP contribution in [-0.4, -0.2) is 20.5 Å². The lowest BCUT2D eigenvalue weighted by atomic mass is 9.73. The molecule has 0 bridgehead atoms. The van der Waals surface area contributed by atoms with E-state index in [0.29, 0.717) is 17.5 Å². The summed E-state index contributed by atoms with van der Waals surface area (Å²) in [5.41, 5.74) is 5.29. The molecule has 2 aromatic carbocycles. The molecule has 1 aliphatic carbocycles. The van der Waals surface area contributed by atoms with E-state index in [0.717, 1.165) is 33.5 Å². The van der Waals surface area contributed by atoms with Crippen molar-refractivity contribution in [2.75, 3.05) is 5.32 Å². The van der Waals surface area contributed by atoms with Gasteiger partial charge in [-0.15, -0.1) is 5.10 Å². The summed E-state index contributed by atoms with van der Waals surface area (Å²) in [7, 11) is 0. The van der Waals surface area contributed by atoms with Crippen LogP contribution in [0.5, 0.6) is 0 Å². The maximum Gasteiger partial charge on any atom is 0.227 e. The third-order valence-corrected chi connectivity index (χ3v) is 7.47. The van der Waals surface area contributed by atoms with Gasteiger partial charge in [-0.2, -0.15) is 4.98 Å². The van der Waals surface area contributed by atoms with Crippen LogP contribution < -0.4 is 5.32 Å². The van der Waals surface area contributed by atoms with Gasteiger partial charge in [0, 0.05) is 27.9 Å². The number of aromatic nitrogens is 3. The molecule has 2 heterocycles. The molecule has 0 amide bonds. The van der Waals surface area contributed by atoms with E-state index < -0.39 is 0 Å². The smallest absolute Gasteiger partial charge is 0.227 e. The number of aryl methyl sites for hydroxylation is 1. The zero-order chi connectivity index (χ0) is 22.5. The molecule has 0 fully saturated rings. The van der Waals surface area contributed by atoms with Crippen molar-refractivity contribution in [3.8, 4) is 0 Å². The Balaban J connectivity index is 1.54. The van der Waals surface area contributed by atoms with Gasteiger partial charge in [-0.3, -0.25) is 4.79 Å². The van der Waals surface area contributed by atoms with Gasteiger partial charge in [-0.05, 0) is 47.6 Å². The number of hydrogen-bond donors (Lipinski definition) is 1. The topological polar surface area (TPSA) is 59.8 Å². The zero-order valence-electron chi connectivity index (χ0n) is 18.4. The summed E-state index contributed by atoms with van der Waals surface area (Å²) in [5.74, 6) is 1.69. The molecule has 0 saturated carbocycles. The molecule has 1 atom stereocenters. The SMILES string of the molecule is Cc1ccccc1CSc1nc2n(n1)[C@@H](c1cccc(Br)c1)C1=C(CC(C)(C)CC1=O)N2. The number of carbonyl (C=O) groups excluding carboxylic acids is 1. The van der Waals surface area contributed by atoms with Crippen molar-refractivity contribution < 1.29 is 4.79 Å². The van der Waals surface area contributed by atoms with E-state index in [1.165, 1.54) is 11.1 Å². The number of nitrogens with zero attached hydrogens (tertiary/aromatic N) is 3. The van der Waals surface area contributed by atoms with Crippen molar-refractivity contribution >= 4 is 39.4 Å². The fraction of sp³-hybridized carbons (Fsp3) is 0.320. The highest BCUT2D eigenvalue weighted by atomic mass is 79.9. The first-order valence-electron chi connectivity index (χ1n) is 10.7. The first kappa shape index (κ1) is 21.5. The van der Waals surface area contributed by atoms with Crippen molar-refractivity contribution in [3.63, 3.8) is 0 Å². The van der Waals surface area contributed by atoms with Gasteiger partial charge in [0.1, 0.15) is 6.04 Å². The molecule has 0 saturated heterocycles. The van der Waals surface area contributed by atoms with Crippen LogP contribution >= 0.6 is 27.7 Å².